The van der Waals surface area contributed by atoms with Gasteiger partial charge in [-0.2, -0.15) is 4.39 Å². The van der Waals surface area contributed by atoms with Gasteiger partial charge >= 0.3 is 0 Å². The predicted octanol–water partition coefficient (Wildman–Crippen LogP) is 1.88. The van der Waals surface area contributed by atoms with Crippen molar-refractivity contribution in [3.05, 3.63) is 59.2 Å². The van der Waals surface area contributed by atoms with Crippen molar-refractivity contribution in [2.45, 2.75) is 6.92 Å². The Morgan fingerprint density at radius 2 is 2.00 bits per heavy atom. The topological polar surface area (TPSA) is 85.1 Å². The second kappa shape index (κ2) is 5.48. The number of nitrogens with zero attached hydrogens (tertiary/aromatic N) is 1. The summed E-state index contributed by atoms with van der Waals surface area (Å²) >= 11 is 0. The summed E-state index contributed by atoms with van der Waals surface area (Å²) in [7, 11) is 0. The van der Waals surface area contributed by atoms with Crippen LogP contribution in [0.25, 0.3) is 0 Å². The molecule has 1 aromatic carbocycles. The highest BCUT2D eigenvalue weighted by atomic mass is 19.1. The van der Waals surface area contributed by atoms with Gasteiger partial charge in [0.25, 0.3) is 5.91 Å². The number of benzene rings is 1. The van der Waals surface area contributed by atoms with E-state index >= 15 is 0 Å². The molecule has 0 aliphatic rings. The first-order valence-electron chi connectivity index (χ1n) is 5.82. The number of primary amides is 1. The Kier molecular flexibility index (Phi) is 3.74. The Morgan fingerprint density at radius 1 is 1.25 bits per heavy atom. The molecule has 0 aliphatic heterocycles. The van der Waals surface area contributed by atoms with Gasteiger partial charge in [-0.25, -0.2) is 4.98 Å². The molecule has 1 heterocycles. The largest absolute Gasteiger partial charge is 0.366 e. The van der Waals surface area contributed by atoms with E-state index < -0.39 is 17.8 Å². The first-order chi connectivity index (χ1) is 9.47. The van der Waals surface area contributed by atoms with Crippen LogP contribution in [0.5, 0.6) is 0 Å². The fourth-order valence-electron chi connectivity index (χ4n) is 1.68. The van der Waals surface area contributed by atoms with Gasteiger partial charge < -0.3 is 11.1 Å². The molecule has 2 rings (SSSR count). The van der Waals surface area contributed by atoms with Gasteiger partial charge in [-0.15, -0.1) is 0 Å². The number of carbonyl (C=O) groups excluding carboxylic acids is 2. The van der Waals surface area contributed by atoms with Crippen LogP contribution in [0.3, 0.4) is 0 Å². The van der Waals surface area contributed by atoms with Crippen molar-refractivity contribution in [2.24, 2.45) is 5.73 Å². The lowest BCUT2D eigenvalue weighted by molar-refractivity contribution is 0.0997. The molecule has 0 saturated carbocycles. The molecule has 0 radical (unpaired) electrons. The van der Waals surface area contributed by atoms with E-state index in [1.807, 2.05) is 0 Å². The first-order valence-corrected chi connectivity index (χ1v) is 5.82. The molecule has 0 saturated heterocycles. The maximum Gasteiger partial charge on any atom is 0.274 e. The van der Waals surface area contributed by atoms with E-state index in [1.54, 1.807) is 19.1 Å². The number of hydrogen-bond acceptors (Lipinski definition) is 3. The fourth-order valence-corrected chi connectivity index (χ4v) is 1.68. The normalized spacial score (nSPS) is 10.1. The zero-order valence-electron chi connectivity index (χ0n) is 10.7. The molecule has 2 aromatic rings. The molecule has 0 spiro atoms. The molecule has 3 N–H and O–H groups in total. The van der Waals surface area contributed by atoms with Gasteiger partial charge in [0.15, 0.2) is 0 Å². The lowest BCUT2D eigenvalue weighted by Crippen LogP contribution is -2.16. The summed E-state index contributed by atoms with van der Waals surface area (Å²) in [4.78, 5) is 26.4. The molecule has 0 aliphatic carbocycles. The second-order valence-electron chi connectivity index (χ2n) is 4.19. The minimum Gasteiger partial charge on any atom is -0.366 e. The molecule has 6 heteroatoms. The molecule has 0 bridgehead atoms. The van der Waals surface area contributed by atoms with Crippen molar-refractivity contribution < 1.29 is 14.0 Å². The SMILES string of the molecule is Cc1cc(C(N)=O)ccc1NC(=O)c1cccc(F)n1. The van der Waals surface area contributed by atoms with E-state index in [1.165, 1.54) is 18.2 Å². The third-order valence-electron chi connectivity index (χ3n) is 2.71. The Labute approximate surface area is 114 Å². The highest BCUT2D eigenvalue weighted by Gasteiger charge is 2.11. The number of halogens is 1. The van der Waals surface area contributed by atoms with Crippen LogP contribution >= 0.6 is 0 Å². The molecule has 20 heavy (non-hydrogen) atoms. The second-order valence-corrected chi connectivity index (χ2v) is 4.19. The van der Waals surface area contributed by atoms with Gasteiger partial charge in [0, 0.05) is 11.3 Å². The van der Waals surface area contributed by atoms with Crippen molar-refractivity contribution in [3.63, 3.8) is 0 Å². The monoisotopic (exact) mass is 273 g/mol. The lowest BCUT2D eigenvalue weighted by Gasteiger charge is -2.09. The van der Waals surface area contributed by atoms with E-state index in [0.717, 1.165) is 6.07 Å². The molecular weight excluding hydrogens is 261 g/mol. The zero-order valence-corrected chi connectivity index (χ0v) is 10.7. The third-order valence-corrected chi connectivity index (χ3v) is 2.71. The summed E-state index contributed by atoms with van der Waals surface area (Å²) in [5.41, 5.74) is 6.67. The maximum absolute atomic E-state index is 12.9. The standard InChI is InChI=1S/C14H12FN3O2/c1-8-7-9(13(16)19)5-6-10(8)18-14(20)11-3-2-4-12(15)17-11/h2-7H,1H3,(H2,16,19)(H,18,20). The van der Waals surface area contributed by atoms with E-state index in [9.17, 15) is 14.0 Å². The van der Waals surface area contributed by atoms with Crippen LogP contribution in [-0.4, -0.2) is 16.8 Å². The summed E-state index contributed by atoms with van der Waals surface area (Å²) in [5, 5.41) is 2.60. The van der Waals surface area contributed by atoms with Crippen LogP contribution < -0.4 is 11.1 Å². The van der Waals surface area contributed by atoms with Crippen molar-refractivity contribution in [3.8, 4) is 0 Å². The number of pyridine rings is 1. The van der Waals surface area contributed by atoms with E-state index in [4.69, 9.17) is 5.73 Å². The fraction of sp³-hybridized carbons (Fsp3) is 0.0714. The van der Waals surface area contributed by atoms with E-state index in [-0.39, 0.29) is 5.69 Å². The van der Waals surface area contributed by atoms with Crippen LogP contribution in [-0.2, 0) is 0 Å². The number of amides is 2. The van der Waals surface area contributed by atoms with Gasteiger partial charge in [-0.05, 0) is 42.8 Å². The maximum atomic E-state index is 12.9. The van der Waals surface area contributed by atoms with Gasteiger partial charge in [-0.3, -0.25) is 9.59 Å². The van der Waals surface area contributed by atoms with E-state index in [0.29, 0.717) is 16.8 Å². The zero-order chi connectivity index (χ0) is 14.7. The minimum absolute atomic E-state index is 0.0247. The van der Waals surface area contributed by atoms with Crippen molar-refractivity contribution >= 4 is 17.5 Å². The number of aryl methyl sites for hydroxylation is 1. The average molecular weight is 273 g/mol. The van der Waals surface area contributed by atoms with Crippen LogP contribution in [0, 0.1) is 12.9 Å². The van der Waals surface area contributed by atoms with E-state index in [2.05, 4.69) is 10.3 Å². The number of anilines is 1. The van der Waals surface area contributed by atoms with Gasteiger partial charge in [0.05, 0.1) is 0 Å². The summed E-state index contributed by atoms with van der Waals surface area (Å²) in [6.07, 6.45) is 0. The molecule has 0 fully saturated rings. The highest BCUT2D eigenvalue weighted by Crippen LogP contribution is 2.17. The Balaban J connectivity index is 2.22. The number of hydrogen-bond donors (Lipinski definition) is 2. The van der Waals surface area contributed by atoms with Gasteiger partial charge in [0.1, 0.15) is 5.69 Å². The quantitative estimate of drug-likeness (QED) is 0.837. The number of aromatic nitrogens is 1. The summed E-state index contributed by atoms with van der Waals surface area (Å²) in [5.74, 6) is -1.80. The Hall–Kier alpha value is -2.76. The molecule has 1 aromatic heterocycles. The summed E-state index contributed by atoms with van der Waals surface area (Å²) in [6, 6.07) is 8.60. The third kappa shape index (κ3) is 2.97. The molecule has 102 valence electrons. The van der Waals surface area contributed by atoms with Crippen LogP contribution in [0.1, 0.15) is 26.4 Å². The van der Waals surface area contributed by atoms with Crippen molar-refractivity contribution in [1.82, 2.24) is 4.98 Å². The van der Waals surface area contributed by atoms with Crippen LogP contribution in [0.2, 0.25) is 0 Å². The van der Waals surface area contributed by atoms with Gasteiger partial charge in [-0.1, -0.05) is 6.07 Å². The Morgan fingerprint density at radius 3 is 2.60 bits per heavy atom. The van der Waals surface area contributed by atoms with Crippen LogP contribution in [0.4, 0.5) is 10.1 Å². The summed E-state index contributed by atoms with van der Waals surface area (Å²) < 4.78 is 12.9. The van der Waals surface area contributed by atoms with Crippen LogP contribution in [0.15, 0.2) is 36.4 Å². The number of nitrogens with two attached hydrogens (primary N) is 1. The Bertz CT molecular complexity index is 686. The molecular formula is C14H12FN3O2. The molecule has 0 unspecified atom stereocenters. The number of carbonyl (C=O) groups is 2. The van der Waals surface area contributed by atoms with Gasteiger partial charge in [0.2, 0.25) is 11.9 Å². The smallest absolute Gasteiger partial charge is 0.274 e. The molecule has 2 amide bonds. The average Bonchev–Trinajstić information content (AvgIpc) is 2.40. The lowest BCUT2D eigenvalue weighted by atomic mass is 10.1. The van der Waals surface area contributed by atoms with Crippen molar-refractivity contribution in [2.75, 3.05) is 5.32 Å². The number of rotatable bonds is 3. The summed E-state index contributed by atoms with van der Waals surface area (Å²) in [6.45, 7) is 1.72. The number of nitrogens with one attached hydrogen (secondary N) is 1. The highest BCUT2D eigenvalue weighted by molar-refractivity contribution is 6.03. The molecule has 5 nitrogen and oxygen atoms in total. The predicted molar refractivity (Wildman–Crippen MR) is 71.8 cm³/mol. The molecule has 0 atom stereocenters. The first kappa shape index (κ1) is 13.7. The van der Waals surface area contributed by atoms with Crippen molar-refractivity contribution in [1.29, 1.82) is 0 Å². The minimum atomic E-state index is -0.724.